The van der Waals surface area contributed by atoms with Crippen molar-refractivity contribution >= 4 is 34.7 Å². The van der Waals surface area contributed by atoms with E-state index in [2.05, 4.69) is 25.4 Å². The number of thiophene rings is 1. The van der Waals surface area contributed by atoms with Crippen LogP contribution in [0.25, 0.3) is 22.2 Å². The van der Waals surface area contributed by atoms with Crippen molar-refractivity contribution in [2.45, 2.75) is 10.9 Å². The molecule has 0 fully saturated rings. The van der Waals surface area contributed by atoms with E-state index in [1.54, 1.807) is 23.5 Å². The molecule has 1 N–H and O–H groups in total. The Bertz CT molecular complexity index is 933. The van der Waals surface area contributed by atoms with E-state index >= 15 is 0 Å². The number of halogens is 1. The van der Waals surface area contributed by atoms with Crippen LogP contribution in [0.2, 0.25) is 5.02 Å². The minimum absolute atomic E-state index is 0.469. The Kier molecular flexibility index (Phi) is 4.33. The summed E-state index contributed by atoms with van der Waals surface area (Å²) in [6.07, 6.45) is 0. The van der Waals surface area contributed by atoms with E-state index in [0.29, 0.717) is 27.7 Å². The quantitative estimate of drug-likeness (QED) is 0.516. The van der Waals surface area contributed by atoms with E-state index in [4.69, 9.17) is 16.0 Å². The van der Waals surface area contributed by atoms with Gasteiger partial charge in [-0.2, -0.15) is 0 Å². The average Bonchev–Trinajstić information content (AvgIpc) is 3.34. The van der Waals surface area contributed by atoms with Crippen LogP contribution in [0.5, 0.6) is 0 Å². The lowest BCUT2D eigenvalue weighted by molar-refractivity contribution is 0.528. The first kappa shape index (κ1) is 15.4. The zero-order valence-electron chi connectivity index (χ0n) is 12.1. The summed E-state index contributed by atoms with van der Waals surface area (Å²) in [5, 5.41) is 18.5. The van der Waals surface area contributed by atoms with Gasteiger partial charge >= 0.3 is 0 Å². The largest absolute Gasteiger partial charge is 0.420 e. The second-order valence-electron chi connectivity index (χ2n) is 4.74. The number of hydrogen-bond donors (Lipinski definition) is 1. The number of nitrogens with one attached hydrogen (secondary N) is 1. The van der Waals surface area contributed by atoms with Crippen LogP contribution in [-0.2, 0) is 5.75 Å². The number of nitrogens with zero attached hydrogens (tertiary/aromatic N) is 4. The Labute approximate surface area is 150 Å². The molecular weight excluding hydrogens is 366 g/mol. The Morgan fingerprint density at radius 3 is 2.83 bits per heavy atom. The second kappa shape index (κ2) is 6.76. The predicted octanol–water partition coefficient (Wildman–Crippen LogP) is 4.53. The van der Waals surface area contributed by atoms with E-state index in [0.717, 1.165) is 16.3 Å². The average molecular weight is 376 g/mol. The van der Waals surface area contributed by atoms with E-state index in [1.807, 2.05) is 29.6 Å². The highest BCUT2D eigenvalue weighted by molar-refractivity contribution is 7.98. The minimum atomic E-state index is 0.469. The van der Waals surface area contributed by atoms with Crippen LogP contribution in [0, 0.1) is 0 Å². The number of H-pyrrole nitrogens is 1. The molecule has 1 aromatic carbocycles. The summed E-state index contributed by atoms with van der Waals surface area (Å²) in [5.41, 5.74) is 0.834. The highest BCUT2D eigenvalue weighted by Crippen LogP contribution is 2.26. The van der Waals surface area contributed by atoms with Gasteiger partial charge in [0.25, 0.3) is 0 Å². The van der Waals surface area contributed by atoms with Gasteiger partial charge in [-0.3, -0.25) is 5.10 Å². The zero-order chi connectivity index (χ0) is 16.4. The summed E-state index contributed by atoms with van der Waals surface area (Å²) in [5.74, 6) is 2.26. The van der Waals surface area contributed by atoms with Gasteiger partial charge in [0.1, 0.15) is 0 Å². The maximum absolute atomic E-state index is 5.87. The van der Waals surface area contributed by atoms with Crippen LogP contribution in [-0.4, -0.2) is 25.4 Å². The summed E-state index contributed by atoms with van der Waals surface area (Å²) >= 11 is 8.92. The first-order valence-electron chi connectivity index (χ1n) is 6.95. The molecule has 3 aromatic heterocycles. The molecule has 4 rings (SSSR count). The highest BCUT2D eigenvalue weighted by atomic mass is 35.5. The number of hydrogen-bond acceptors (Lipinski definition) is 7. The Morgan fingerprint density at radius 1 is 1.17 bits per heavy atom. The van der Waals surface area contributed by atoms with Crippen LogP contribution < -0.4 is 0 Å². The first-order chi connectivity index (χ1) is 11.8. The third-order valence-corrected chi connectivity index (χ3v) is 5.06. The van der Waals surface area contributed by atoms with Gasteiger partial charge in [-0.25, -0.2) is 4.98 Å². The lowest BCUT2D eigenvalue weighted by Gasteiger charge is -1.94. The fraction of sp³-hybridized carbons (Fsp3) is 0.0667. The molecule has 0 saturated carbocycles. The summed E-state index contributed by atoms with van der Waals surface area (Å²) in [7, 11) is 0. The molecule has 0 saturated heterocycles. The lowest BCUT2D eigenvalue weighted by atomic mass is 10.2. The minimum Gasteiger partial charge on any atom is -0.420 e. The SMILES string of the molecule is Clc1ccc(-c2nnc(CSc3n[nH]c(-c4cccs4)n3)o2)cc1. The van der Waals surface area contributed by atoms with Crippen molar-refractivity contribution in [3.05, 3.63) is 52.7 Å². The molecule has 9 heteroatoms. The second-order valence-corrected chi connectivity index (χ2v) is 7.07. The first-order valence-corrected chi connectivity index (χ1v) is 9.19. The van der Waals surface area contributed by atoms with Crippen molar-refractivity contribution in [1.29, 1.82) is 0 Å². The molecule has 0 spiro atoms. The van der Waals surface area contributed by atoms with Gasteiger partial charge in [0.05, 0.1) is 10.6 Å². The van der Waals surface area contributed by atoms with Crippen LogP contribution in [0.1, 0.15) is 5.89 Å². The van der Waals surface area contributed by atoms with E-state index in [-0.39, 0.29) is 0 Å². The Balaban J connectivity index is 1.42. The molecule has 0 atom stereocenters. The van der Waals surface area contributed by atoms with Crippen molar-refractivity contribution in [3.63, 3.8) is 0 Å². The Hall–Kier alpha value is -2.16. The molecule has 0 amide bonds. The zero-order valence-corrected chi connectivity index (χ0v) is 14.5. The van der Waals surface area contributed by atoms with Crippen LogP contribution >= 0.6 is 34.7 Å². The van der Waals surface area contributed by atoms with Crippen LogP contribution in [0.4, 0.5) is 0 Å². The summed E-state index contributed by atoms with van der Waals surface area (Å²) in [6.45, 7) is 0. The summed E-state index contributed by atoms with van der Waals surface area (Å²) < 4.78 is 5.66. The molecule has 3 heterocycles. The molecule has 24 heavy (non-hydrogen) atoms. The maximum Gasteiger partial charge on any atom is 0.247 e. The fourth-order valence-electron chi connectivity index (χ4n) is 1.98. The molecule has 0 unspecified atom stereocenters. The smallest absolute Gasteiger partial charge is 0.247 e. The number of aromatic nitrogens is 5. The molecule has 0 aliphatic carbocycles. The van der Waals surface area contributed by atoms with Gasteiger partial charge in [-0.15, -0.1) is 26.6 Å². The molecule has 0 radical (unpaired) electrons. The number of thioether (sulfide) groups is 1. The fourth-order valence-corrected chi connectivity index (χ4v) is 3.41. The summed E-state index contributed by atoms with van der Waals surface area (Å²) in [6, 6.07) is 11.2. The molecule has 0 aliphatic heterocycles. The van der Waals surface area contributed by atoms with E-state index in [1.165, 1.54) is 11.8 Å². The van der Waals surface area contributed by atoms with Gasteiger partial charge in [-0.05, 0) is 35.7 Å². The molecule has 0 bridgehead atoms. The van der Waals surface area contributed by atoms with E-state index < -0.39 is 0 Å². The van der Waals surface area contributed by atoms with Crippen molar-refractivity contribution in [1.82, 2.24) is 25.4 Å². The normalized spacial score (nSPS) is 11.0. The van der Waals surface area contributed by atoms with Crippen molar-refractivity contribution < 1.29 is 4.42 Å². The molecular formula is C15H10ClN5OS2. The molecule has 6 nitrogen and oxygen atoms in total. The predicted molar refractivity (Wildman–Crippen MR) is 94.0 cm³/mol. The summed E-state index contributed by atoms with van der Waals surface area (Å²) in [4.78, 5) is 5.50. The maximum atomic E-state index is 5.87. The van der Waals surface area contributed by atoms with Crippen LogP contribution in [0.3, 0.4) is 0 Å². The van der Waals surface area contributed by atoms with Gasteiger partial charge in [0, 0.05) is 10.6 Å². The monoisotopic (exact) mass is 375 g/mol. The highest BCUT2D eigenvalue weighted by Gasteiger charge is 2.11. The van der Waals surface area contributed by atoms with Gasteiger partial charge in [0.15, 0.2) is 5.82 Å². The molecule has 0 aliphatic rings. The Morgan fingerprint density at radius 2 is 2.04 bits per heavy atom. The number of rotatable bonds is 5. The van der Waals surface area contributed by atoms with Crippen LogP contribution in [0.15, 0.2) is 51.4 Å². The standard InChI is InChI=1S/C15H10ClN5OS2/c16-10-5-3-9(4-6-10)14-20-18-12(22-14)8-24-15-17-13(19-21-15)11-2-1-7-23-11/h1-7H,8H2,(H,17,19,21). The topological polar surface area (TPSA) is 80.5 Å². The van der Waals surface area contributed by atoms with E-state index in [9.17, 15) is 0 Å². The lowest BCUT2D eigenvalue weighted by Crippen LogP contribution is -1.82. The van der Waals surface area contributed by atoms with Crippen molar-refractivity contribution in [2.75, 3.05) is 0 Å². The number of aromatic amines is 1. The third kappa shape index (κ3) is 3.35. The van der Waals surface area contributed by atoms with Gasteiger partial charge in [-0.1, -0.05) is 29.4 Å². The molecule has 4 aromatic rings. The van der Waals surface area contributed by atoms with Crippen molar-refractivity contribution in [2.24, 2.45) is 0 Å². The van der Waals surface area contributed by atoms with Gasteiger partial charge in [0.2, 0.25) is 16.9 Å². The van der Waals surface area contributed by atoms with Crippen molar-refractivity contribution in [3.8, 4) is 22.2 Å². The van der Waals surface area contributed by atoms with Gasteiger partial charge < -0.3 is 4.42 Å². The number of benzene rings is 1. The molecule has 120 valence electrons. The third-order valence-electron chi connectivity index (χ3n) is 3.10.